The number of hydrogen-bond donors (Lipinski definition) is 1. The number of likely N-dealkylation sites (N-methyl/N-ethyl adjacent to an activating group) is 2. The van der Waals surface area contributed by atoms with Gasteiger partial charge in [-0.15, -0.1) is 6.58 Å². The molecule has 4 nitrogen and oxygen atoms in total. The van der Waals surface area contributed by atoms with Crippen molar-refractivity contribution in [2.24, 2.45) is 5.73 Å². The molecule has 2 atom stereocenters. The first-order valence-electron chi connectivity index (χ1n) is 6.16. The lowest BCUT2D eigenvalue weighted by molar-refractivity contribution is 0.0317. The molecule has 1 heterocycles. The molecule has 94 valence electrons. The molecule has 1 aliphatic rings. The van der Waals surface area contributed by atoms with Crippen LogP contribution < -0.4 is 5.73 Å². The van der Waals surface area contributed by atoms with E-state index in [1.807, 2.05) is 13.0 Å². The largest absolute Gasteiger partial charge is 0.316 e. The first-order chi connectivity index (χ1) is 7.60. The van der Waals surface area contributed by atoms with Gasteiger partial charge >= 0.3 is 0 Å². The summed E-state index contributed by atoms with van der Waals surface area (Å²) in [5.74, 6) is 0. The third-order valence-electron chi connectivity index (χ3n) is 3.50. The molecular formula is C12H26N4. The van der Waals surface area contributed by atoms with Crippen LogP contribution in [0.25, 0.3) is 0 Å². The normalized spacial score (nSPS) is 23.3. The molecule has 1 rings (SSSR count). The Morgan fingerprint density at radius 1 is 1.38 bits per heavy atom. The van der Waals surface area contributed by atoms with Gasteiger partial charge in [0.1, 0.15) is 0 Å². The Balaban J connectivity index is 2.52. The van der Waals surface area contributed by atoms with Gasteiger partial charge in [-0.05, 0) is 20.5 Å². The van der Waals surface area contributed by atoms with Crippen LogP contribution in [0.4, 0.5) is 0 Å². The van der Waals surface area contributed by atoms with E-state index in [2.05, 4.69) is 35.3 Å². The van der Waals surface area contributed by atoms with E-state index < -0.39 is 0 Å². The highest BCUT2D eigenvalue weighted by molar-refractivity contribution is 4.90. The lowest BCUT2D eigenvalue weighted by Gasteiger charge is -2.42. The number of rotatable bonds is 5. The molecule has 0 aromatic rings. The second-order valence-corrected chi connectivity index (χ2v) is 4.53. The quantitative estimate of drug-likeness (QED) is 0.543. The lowest BCUT2D eigenvalue weighted by atomic mass is 10.2. The highest BCUT2D eigenvalue weighted by Crippen LogP contribution is 2.11. The summed E-state index contributed by atoms with van der Waals surface area (Å²) >= 11 is 0. The molecule has 0 aromatic carbocycles. The number of nitrogens with zero attached hydrogens (tertiary/aromatic N) is 3. The molecule has 0 spiro atoms. The van der Waals surface area contributed by atoms with E-state index in [-0.39, 0.29) is 12.3 Å². The summed E-state index contributed by atoms with van der Waals surface area (Å²) in [5, 5.41) is 0. The van der Waals surface area contributed by atoms with Crippen molar-refractivity contribution in [3.05, 3.63) is 12.7 Å². The molecule has 2 unspecified atom stereocenters. The third-order valence-corrected chi connectivity index (χ3v) is 3.50. The van der Waals surface area contributed by atoms with Crippen LogP contribution >= 0.6 is 0 Å². The number of piperazine rings is 1. The van der Waals surface area contributed by atoms with Gasteiger partial charge in [0.2, 0.25) is 0 Å². The van der Waals surface area contributed by atoms with Gasteiger partial charge in [-0.3, -0.25) is 9.80 Å². The Labute approximate surface area is 99.7 Å². The van der Waals surface area contributed by atoms with E-state index in [0.29, 0.717) is 0 Å². The van der Waals surface area contributed by atoms with Crippen LogP contribution in [-0.4, -0.2) is 66.8 Å². The van der Waals surface area contributed by atoms with Crippen molar-refractivity contribution >= 4 is 0 Å². The van der Waals surface area contributed by atoms with Crippen molar-refractivity contribution in [3.63, 3.8) is 0 Å². The van der Waals surface area contributed by atoms with E-state index in [1.165, 1.54) is 0 Å². The molecule has 1 saturated heterocycles. The van der Waals surface area contributed by atoms with Crippen molar-refractivity contribution in [2.45, 2.75) is 26.2 Å². The second kappa shape index (κ2) is 6.35. The zero-order valence-electron chi connectivity index (χ0n) is 10.9. The monoisotopic (exact) mass is 226 g/mol. The van der Waals surface area contributed by atoms with Gasteiger partial charge in [-0.1, -0.05) is 13.0 Å². The van der Waals surface area contributed by atoms with Gasteiger partial charge in [-0.2, -0.15) is 0 Å². The Hall–Kier alpha value is -0.420. The summed E-state index contributed by atoms with van der Waals surface area (Å²) in [6.45, 7) is 13.8. The highest BCUT2D eigenvalue weighted by atomic mass is 15.4. The van der Waals surface area contributed by atoms with Crippen molar-refractivity contribution in [1.29, 1.82) is 0 Å². The van der Waals surface area contributed by atoms with Gasteiger partial charge in [0.25, 0.3) is 0 Å². The summed E-state index contributed by atoms with van der Waals surface area (Å²) in [5.41, 5.74) is 5.91. The van der Waals surface area contributed by atoms with Crippen LogP contribution in [0, 0.1) is 0 Å². The van der Waals surface area contributed by atoms with Crippen LogP contribution in [0.3, 0.4) is 0 Å². The molecule has 0 aliphatic carbocycles. The summed E-state index contributed by atoms with van der Waals surface area (Å²) in [7, 11) is 2.06. The van der Waals surface area contributed by atoms with E-state index >= 15 is 0 Å². The lowest BCUT2D eigenvalue weighted by Crippen LogP contribution is -2.57. The average Bonchev–Trinajstić information content (AvgIpc) is 2.30. The Bertz CT molecular complexity index is 209. The van der Waals surface area contributed by atoms with Crippen LogP contribution in [0.15, 0.2) is 12.7 Å². The maximum atomic E-state index is 5.91. The predicted molar refractivity (Wildman–Crippen MR) is 69.1 cm³/mol. The smallest absolute Gasteiger partial charge is 0.0822 e. The van der Waals surface area contributed by atoms with Crippen LogP contribution in [0.1, 0.15) is 13.8 Å². The average molecular weight is 226 g/mol. The van der Waals surface area contributed by atoms with Crippen LogP contribution in [0.2, 0.25) is 0 Å². The molecule has 0 bridgehead atoms. The molecule has 1 fully saturated rings. The Kier molecular flexibility index (Phi) is 5.41. The fourth-order valence-corrected chi connectivity index (χ4v) is 2.16. The maximum absolute atomic E-state index is 5.91. The van der Waals surface area contributed by atoms with Gasteiger partial charge in [0.05, 0.1) is 12.3 Å². The highest BCUT2D eigenvalue weighted by Gasteiger charge is 2.25. The van der Waals surface area contributed by atoms with Crippen LogP contribution in [-0.2, 0) is 0 Å². The van der Waals surface area contributed by atoms with Crippen LogP contribution in [0.5, 0.6) is 0 Å². The summed E-state index contributed by atoms with van der Waals surface area (Å²) in [6, 6.07) is 0. The molecular weight excluding hydrogens is 200 g/mol. The fourth-order valence-electron chi connectivity index (χ4n) is 2.16. The van der Waals surface area contributed by atoms with Gasteiger partial charge in [-0.25, -0.2) is 0 Å². The van der Waals surface area contributed by atoms with E-state index in [1.54, 1.807) is 0 Å². The summed E-state index contributed by atoms with van der Waals surface area (Å²) < 4.78 is 0. The molecule has 0 amide bonds. The van der Waals surface area contributed by atoms with Gasteiger partial charge < -0.3 is 10.6 Å². The summed E-state index contributed by atoms with van der Waals surface area (Å²) in [6.07, 6.45) is 2.32. The first kappa shape index (κ1) is 13.6. The summed E-state index contributed by atoms with van der Waals surface area (Å²) in [4.78, 5) is 7.08. The zero-order valence-corrected chi connectivity index (χ0v) is 10.9. The maximum Gasteiger partial charge on any atom is 0.0822 e. The predicted octanol–water partition coefficient (Wildman–Crippen LogP) is 0.373. The van der Waals surface area contributed by atoms with Crippen molar-refractivity contribution in [3.8, 4) is 0 Å². The van der Waals surface area contributed by atoms with Crippen molar-refractivity contribution < 1.29 is 0 Å². The molecule has 1 aliphatic heterocycles. The van der Waals surface area contributed by atoms with E-state index in [9.17, 15) is 0 Å². The van der Waals surface area contributed by atoms with Crippen molar-refractivity contribution in [1.82, 2.24) is 14.7 Å². The third kappa shape index (κ3) is 3.28. The van der Waals surface area contributed by atoms with Crippen molar-refractivity contribution in [2.75, 3.05) is 39.8 Å². The zero-order chi connectivity index (χ0) is 12.1. The fraction of sp³-hybridized carbons (Fsp3) is 0.833. The molecule has 0 aromatic heterocycles. The van der Waals surface area contributed by atoms with E-state index in [4.69, 9.17) is 5.73 Å². The molecule has 2 N–H and O–H groups in total. The first-order valence-corrected chi connectivity index (χ1v) is 6.16. The molecule has 4 heteroatoms. The minimum atomic E-state index is 0.0622. The number of hydrogen-bond acceptors (Lipinski definition) is 4. The Morgan fingerprint density at radius 2 is 1.94 bits per heavy atom. The molecule has 0 radical (unpaired) electrons. The number of nitrogens with two attached hydrogens (primary N) is 1. The van der Waals surface area contributed by atoms with Gasteiger partial charge in [0, 0.05) is 26.2 Å². The minimum Gasteiger partial charge on any atom is -0.316 e. The van der Waals surface area contributed by atoms with Gasteiger partial charge in [0.15, 0.2) is 0 Å². The van der Waals surface area contributed by atoms with E-state index in [0.717, 1.165) is 32.7 Å². The molecule has 16 heavy (non-hydrogen) atoms. The Morgan fingerprint density at radius 3 is 2.31 bits per heavy atom. The standard InChI is InChI=1S/C12H26N4/c1-5-12(14(4)11(3)13)16-9-7-15(6-2)8-10-16/h5,11-12H,1,6-10,13H2,2-4H3. The second-order valence-electron chi connectivity index (χ2n) is 4.53. The molecule has 0 saturated carbocycles. The SMILES string of the molecule is C=CC(N1CCN(CC)CC1)N(C)C(C)N. The minimum absolute atomic E-state index is 0.0622. The topological polar surface area (TPSA) is 35.7 Å².